The molecule has 0 radical (unpaired) electrons. The van der Waals surface area contributed by atoms with Gasteiger partial charge in [-0.2, -0.15) is 4.98 Å². The van der Waals surface area contributed by atoms with Gasteiger partial charge in [-0.3, -0.25) is 4.79 Å². The molecular formula is C21H26N4O2S. The minimum absolute atomic E-state index is 0.0911. The number of anilines is 1. The van der Waals surface area contributed by atoms with E-state index in [-0.39, 0.29) is 17.9 Å². The van der Waals surface area contributed by atoms with Crippen LogP contribution in [-0.4, -0.2) is 32.4 Å². The fourth-order valence-electron chi connectivity index (χ4n) is 3.73. The van der Waals surface area contributed by atoms with Gasteiger partial charge in [-0.05, 0) is 50.8 Å². The van der Waals surface area contributed by atoms with Crippen molar-refractivity contribution >= 4 is 23.5 Å². The van der Waals surface area contributed by atoms with Gasteiger partial charge in [-0.1, -0.05) is 30.8 Å². The molecule has 0 fully saturated rings. The lowest BCUT2D eigenvalue weighted by atomic mass is 9.85. The van der Waals surface area contributed by atoms with E-state index in [1.54, 1.807) is 11.8 Å². The summed E-state index contributed by atoms with van der Waals surface area (Å²) in [5.74, 6) is 2.68. The van der Waals surface area contributed by atoms with E-state index in [9.17, 15) is 4.79 Å². The van der Waals surface area contributed by atoms with Crippen LogP contribution in [0.5, 0.6) is 5.75 Å². The van der Waals surface area contributed by atoms with E-state index in [0.29, 0.717) is 12.4 Å². The lowest BCUT2D eigenvalue weighted by Crippen LogP contribution is -2.31. The highest BCUT2D eigenvalue weighted by Gasteiger charge is 2.37. The topological polar surface area (TPSA) is 69.0 Å². The van der Waals surface area contributed by atoms with Crippen molar-refractivity contribution in [1.29, 1.82) is 0 Å². The maximum Gasteiger partial charge on any atom is 0.227 e. The monoisotopic (exact) mass is 398 g/mol. The van der Waals surface area contributed by atoms with Crippen LogP contribution in [0.25, 0.3) is 0 Å². The number of fused-ring (bicyclic) bond motifs is 1. The molecule has 6 nitrogen and oxygen atoms in total. The number of carbonyl (C=O) groups is 1. The van der Waals surface area contributed by atoms with E-state index in [4.69, 9.17) is 9.84 Å². The van der Waals surface area contributed by atoms with Crippen molar-refractivity contribution in [2.24, 2.45) is 0 Å². The van der Waals surface area contributed by atoms with Crippen LogP contribution in [-0.2, 0) is 4.79 Å². The number of rotatable bonds is 6. The number of aromatic nitrogens is 3. The average molecular weight is 399 g/mol. The van der Waals surface area contributed by atoms with Gasteiger partial charge in [0.2, 0.25) is 11.1 Å². The van der Waals surface area contributed by atoms with Gasteiger partial charge in [0, 0.05) is 23.4 Å². The summed E-state index contributed by atoms with van der Waals surface area (Å²) in [6.07, 6.45) is 3.48. The Labute approximate surface area is 169 Å². The highest BCUT2D eigenvalue weighted by atomic mass is 32.2. The van der Waals surface area contributed by atoms with Crippen molar-refractivity contribution in [3.8, 4) is 5.75 Å². The van der Waals surface area contributed by atoms with E-state index >= 15 is 0 Å². The van der Waals surface area contributed by atoms with E-state index in [0.717, 1.165) is 52.8 Å². The third kappa shape index (κ3) is 3.68. The molecule has 1 atom stereocenters. The molecule has 1 aromatic carbocycles. The second-order valence-electron chi connectivity index (χ2n) is 7.45. The number of thioether (sulfide) groups is 1. The van der Waals surface area contributed by atoms with E-state index in [1.165, 1.54) is 0 Å². The van der Waals surface area contributed by atoms with Crippen molar-refractivity contribution in [2.75, 3.05) is 11.1 Å². The molecular weight excluding hydrogens is 372 g/mol. The summed E-state index contributed by atoms with van der Waals surface area (Å²) >= 11 is 1.65. The quantitative estimate of drug-likeness (QED) is 0.718. The number of nitrogens with zero attached hydrogens (tertiary/aromatic N) is 3. The highest BCUT2D eigenvalue weighted by Crippen LogP contribution is 2.41. The Bertz CT molecular complexity index is 919. The van der Waals surface area contributed by atoms with Gasteiger partial charge in [0.15, 0.2) is 5.78 Å². The van der Waals surface area contributed by atoms with Gasteiger partial charge in [0.1, 0.15) is 11.8 Å². The van der Waals surface area contributed by atoms with Crippen LogP contribution >= 0.6 is 11.8 Å². The second kappa shape index (κ2) is 7.99. The van der Waals surface area contributed by atoms with E-state index in [1.807, 2.05) is 42.8 Å². The maximum atomic E-state index is 12.9. The fourth-order valence-corrected chi connectivity index (χ4v) is 4.41. The molecule has 0 spiro atoms. The number of ketones is 1. The molecule has 28 heavy (non-hydrogen) atoms. The summed E-state index contributed by atoms with van der Waals surface area (Å²) in [7, 11) is 0. The van der Waals surface area contributed by atoms with Crippen LogP contribution in [0.15, 0.2) is 40.7 Å². The second-order valence-corrected chi connectivity index (χ2v) is 8.51. The Kier molecular flexibility index (Phi) is 5.44. The minimum atomic E-state index is -0.266. The zero-order chi connectivity index (χ0) is 19.7. The lowest BCUT2D eigenvalue weighted by Gasteiger charge is -2.32. The summed E-state index contributed by atoms with van der Waals surface area (Å²) in [5, 5.41) is 8.86. The Morgan fingerprint density at radius 2 is 2.21 bits per heavy atom. The summed E-state index contributed by atoms with van der Waals surface area (Å²) < 4.78 is 7.76. The Morgan fingerprint density at radius 1 is 1.36 bits per heavy atom. The van der Waals surface area contributed by atoms with Crippen LogP contribution in [0.3, 0.4) is 0 Å². The lowest BCUT2D eigenvalue weighted by molar-refractivity contribution is -0.116. The van der Waals surface area contributed by atoms with Crippen LogP contribution in [0.1, 0.15) is 58.1 Å². The summed E-state index contributed by atoms with van der Waals surface area (Å²) in [5.41, 5.74) is 2.81. The van der Waals surface area contributed by atoms with Crippen LogP contribution in [0.2, 0.25) is 0 Å². The molecule has 1 aliphatic carbocycles. The summed E-state index contributed by atoms with van der Waals surface area (Å²) in [6.45, 7) is 6.16. The van der Waals surface area contributed by atoms with Gasteiger partial charge in [-0.25, -0.2) is 4.68 Å². The third-order valence-electron chi connectivity index (χ3n) is 4.83. The van der Waals surface area contributed by atoms with E-state index in [2.05, 4.69) is 17.2 Å². The molecule has 0 bridgehead atoms. The first-order valence-electron chi connectivity index (χ1n) is 9.96. The first-order chi connectivity index (χ1) is 13.6. The number of benzene rings is 1. The Balaban J connectivity index is 1.79. The molecule has 0 saturated heterocycles. The number of hydrogen-bond acceptors (Lipinski definition) is 6. The molecule has 1 aliphatic heterocycles. The molecule has 1 N–H and O–H groups in total. The number of nitrogens with one attached hydrogen (secondary N) is 1. The number of carbonyl (C=O) groups excluding carboxylic acids is 1. The number of allylic oxidation sites excluding steroid dienone is 2. The third-order valence-corrected chi connectivity index (χ3v) is 5.87. The SMILES string of the molecule is CCCSc1nc2n(n1)C(c1cccc(OC(C)C)c1)C1=C(CCCC1=O)N2. The average Bonchev–Trinajstić information content (AvgIpc) is 3.07. The van der Waals surface area contributed by atoms with Crippen molar-refractivity contribution in [1.82, 2.24) is 14.8 Å². The standard InChI is InChI=1S/C21H26N4O2S/c1-4-11-28-21-23-20-22-16-9-6-10-17(26)18(16)19(25(20)24-21)14-7-5-8-15(12-14)27-13(2)3/h5,7-8,12-13,19H,4,6,9-11H2,1-3H3,(H,22,23,24). The predicted molar refractivity (Wildman–Crippen MR) is 111 cm³/mol. The minimum Gasteiger partial charge on any atom is -0.491 e. The van der Waals surface area contributed by atoms with Gasteiger partial charge in [0.05, 0.1) is 6.10 Å². The van der Waals surface area contributed by atoms with E-state index < -0.39 is 0 Å². The van der Waals surface area contributed by atoms with Crippen molar-refractivity contribution in [3.63, 3.8) is 0 Å². The van der Waals surface area contributed by atoms with Crippen LogP contribution in [0, 0.1) is 0 Å². The summed E-state index contributed by atoms with van der Waals surface area (Å²) in [4.78, 5) is 17.5. The molecule has 2 aromatic rings. The smallest absolute Gasteiger partial charge is 0.227 e. The largest absolute Gasteiger partial charge is 0.491 e. The van der Waals surface area contributed by atoms with Gasteiger partial charge in [0.25, 0.3) is 0 Å². The molecule has 0 amide bonds. The van der Waals surface area contributed by atoms with Crippen LogP contribution in [0.4, 0.5) is 5.95 Å². The molecule has 0 saturated carbocycles. The molecule has 2 aliphatic rings. The molecule has 4 rings (SSSR count). The van der Waals surface area contributed by atoms with Gasteiger partial charge >= 0.3 is 0 Å². The molecule has 7 heteroatoms. The Morgan fingerprint density at radius 3 is 3.00 bits per heavy atom. The number of ether oxygens (including phenoxy) is 1. The predicted octanol–water partition coefficient (Wildman–Crippen LogP) is 4.59. The van der Waals surface area contributed by atoms with Crippen molar-refractivity contribution in [2.45, 2.75) is 63.8 Å². The number of hydrogen-bond donors (Lipinski definition) is 1. The molecule has 1 unspecified atom stereocenters. The number of Topliss-reactive ketones (excluding diaryl/α,β-unsaturated/α-hetero) is 1. The fraction of sp³-hybridized carbons (Fsp3) is 0.476. The zero-order valence-corrected chi connectivity index (χ0v) is 17.4. The summed E-state index contributed by atoms with van der Waals surface area (Å²) in [6, 6.07) is 7.73. The Hall–Kier alpha value is -2.28. The van der Waals surface area contributed by atoms with Gasteiger partial charge in [-0.15, -0.1) is 5.10 Å². The molecule has 148 valence electrons. The normalized spacial score (nSPS) is 18.7. The zero-order valence-electron chi connectivity index (χ0n) is 16.6. The first-order valence-corrected chi connectivity index (χ1v) is 10.9. The first kappa shape index (κ1) is 19.1. The van der Waals surface area contributed by atoms with Crippen molar-refractivity contribution in [3.05, 3.63) is 41.1 Å². The van der Waals surface area contributed by atoms with Crippen LogP contribution < -0.4 is 10.1 Å². The van der Waals surface area contributed by atoms with Gasteiger partial charge < -0.3 is 10.1 Å². The molecule has 1 aromatic heterocycles. The van der Waals surface area contributed by atoms with Crippen molar-refractivity contribution < 1.29 is 9.53 Å². The molecule has 2 heterocycles. The maximum absolute atomic E-state index is 12.9. The highest BCUT2D eigenvalue weighted by molar-refractivity contribution is 7.99.